The Morgan fingerprint density at radius 3 is 2.67 bits per heavy atom. The van der Waals surface area contributed by atoms with Gasteiger partial charge in [0.25, 0.3) is 0 Å². The van der Waals surface area contributed by atoms with Gasteiger partial charge < -0.3 is 9.52 Å². The van der Waals surface area contributed by atoms with E-state index in [2.05, 4.69) is 4.98 Å². The van der Waals surface area contributed by atoms with Crippen LogP contribution in [-0.4, -0.2) is 16.1 Å². The maximum Gasteiger partial charge on any atom is 0.347 e. The van der Waals surface area contributed by atoms with E-state index >= 15 is 0 Å². The number of aromatic nitrogens is 1. The third kappa shape index (κ3) is 1.78. The second-order valence-corrected chi connectivity index (χ2v) is 4.15. The molecule has 78 valence electrons. The Balaban J connectivity index is 2.46. The fraction of sp³-hybridized carbons (Fsp3) is 0.200. The van der Waals surface area contributed by atoms with Gasteiger partial charge in [-0.2, -0.15) is 0 Å². The summed E-state index contributed by atoms with van der Waals surface area (Å²) in [5.74, 6) is 0.461. The number of hydrogen-bond acceptors (Lipinski definition) is 4. The number of hydrogen-bond donors (Lipinski definition) is 1. The van der Waals surface area contributed by atoms with Crippen molar-refractivity contribution in [2.24, 2.45) is 0 Å². The second kappa shape index (κ2) is 3.51. The fourth-order valence-electron chi connectivity index (χ4n) is 1.25. The summed E-state index contributed by atoms with van der Waals surface area (Å²) in [6, 6.07) is 3.62. The molecule has 0 aliphatic rings. The first kappa shape index (κ1) is 9.92. The minimum atomic E-state index is -0.945. The van der Waals surface area contributed by atoms with Crippen LogP contribution in [0.3, 0.4) is 0 Å². The lowest BCUT2D eigenvalue weighted by atomic mass is 10.4. The van der Waals surface area contributed by atoms with Crippen LogP contribution in [0.25, 0.3) is 10.8 Å². The highest BCUT2D eigenvalue weighted by Crippen LogP contribution is 2.28. The van der Waals surface area contributed by atoms with E-state index in [-0.39, 0.29) is 4.88 Å². The molecular formula is C10H9NO3S. The first-order valence-corrected chi connectivity index (χ1v) is 5.17. The van der Waals surface area contributed by atoms with Crippen molar-refractivity contribution in [3.63, 3.8) is 0 Å². The Morgan fingerprint density at radius 1 is 1.47 bits per heavy atom. The molecule has 0 saturated carbocycles. The number of aryl methyl sites for hydroxylation is 2. The van der Waals surface area contributed by atoms with Gasteiger partial charge in [-0.1, -0.05) is 0 Å². The van der Waals surface area contributed by atoms with Crippen molar-refractivity contribution in [3.8, 4) is 10.8 Å². The van der Waals surface area contributed by atoms with Crippen molar-refractivity contribution in [1.82, 2.24) is 4.98 Å². The molecule has 0 spiro atoms. The highest BCUT2D eigenvalue weighted by Gasteiger charge is 2.16. The predicted molar refractivity (Wildman–Crippen MR) is 56.2 cm³/mol. The molecule has 5 heteroatoms. The van der Waals surface area contributed by atoms with Crippen LogP contribution in [0, 0.1) is 13.8 Å². The summed E-state index contributed by atoms with van der Waals surface area (Å²) < 4.78 is 5.37. The maximum atomic E-state index is 10.8. The third-order valence-electron chi connectivity index (χ3n) is 1.94. The van der Waals surface area contributed by atoms with E-state index in [9.17, 15) is 4.79 Å². The van der Waals surface area contributed by atoms with Gasteiger partial charge >= 0.3 is 5.97 Å². The number of carboxylic acids is 1. The van der Waals surface area contributed by atoms with Crippen LogP contribution in [-0.2, 0) is 0 Å². The van der Waals surface area contributed by atoms with Crippen molar-refractivity contribution >= 4 is 17.3 Å². The van der Waals surface area contributed by atoms with Crippen molar-refractivity contribution < 1.29 is 14.3 Å². The quantitative estimate of drug-likeness (QED) is 0.850. The summed E-state index contributed by atoms with van der Waals surface area (Å²) in [6.07, 6.45) is 0. The number of nitrogens with zero attached hydrogens (tertiary/aromatic N) is 1. The van der Waals surface area contributed by atoms with Crippen molar-refractivity contribution in [3.05, 3.63) is 28.5 Å². The van der Waals surface area contributed by atoms with E-state index < -0.39 is 5.97 Å². The zero-order chi connectivity index (χ0) is 11.0. The Hall–Kier alpha value is -1.62. The third-order valence-corrected chi connectivity index (χ3v) is 3.10. The minimum Gasteiger partial charge on any atom is -0.477 e. The minimum absolute atomic E-state index is 0.263. The van der Waals surface area contributed by atoms with E-state index in [1.165, 1.54) is 0 Å². The van der Waals surface area contributed by atoms with E-state index in [4.69, 9.17) is 9.52 Å². The molecule has 0 aliphatic carbocycles. The number of carbonyl (C=O) groups is 1. The molecule has 2 aromatic heterocycles. The second-order valence-electron chi connectivity index (χ2n) is 3.15. The average molecular weight is 223 g/mol. The molecular weight excluding hydrogens is 214 g/mol. The van der Waals surface area contributed by atoms with Gasteiger partial charge in [0.05, 0.1) is 5.69 Å². The normalized spacial score (nSPS) is 10.5. The first-order chi connectivity index (χ1) is 7.08. The predicted octanol–water partition coefficient (Wildman–Crippen LogP) is 2.72. The van der Waals surface area contributed by atoms with E-state index in [0.717, 1.165) is 17.1 Å². The SMILES string of the molecule is Cc1ccc(-c2nc(C)c(C(=O)O)s2)o1. The molecule has 2 rings (SSSR count). The zero-order valence-corrected chi connectivity index (χ0v) is 9.09. The van der Waals surface area contributed by atoms with Gasteiger partial charge in [-0.25, -0.2) is 9.78 Å². The van der Waals surface area contributed by atoms with Gasteiger partial charge in [-0.15, -0.1) is 11.3 Å². The monoisotopic (exact) mass is 223 g/mol. The first-order valence-electron chi connectivity index (χ1n) is 4.35. The standard InChI is InChI=1S/C10H9NO3S/c1-5-3-4-7(14-5)9-11-6(2)8(15-9)10(12)13/h3-4H,1-2H3,(H,12,13). The molecule has 0 radical (unpaired) electrons. The molecule has 0 aromatic carbocycles. The van der Waals surface area contributed by atoms with Crippen LogP contribution < -0.4 is 0 Å². The molecule has 2 aromatic rings. The van der Waals surface area contributed by atoms with Crippen molar-refractivity contribution in [1.29, 1.82) is 0 Å². The van der Waals surface area contributed by atoms with Gasteiger partial charge in [0.15, 0.2) is 10.8 Å². The molecule has 15 heavy (non-hydrogen) atoms. The summed E-state index contributed by atoms with van der Waals surface area (Å²) in [5, 5.41) is 9.48. The fourth-order valence-corrected chi connectivity index (χ4v) is 2.12. The van der Waals surface area contributed by atoms with E-state index in [1.807, 2.05) is 13.0 Å². The van der Waals surface area contributed by atoms with Crippen LogP contribution in [0.4, 0.5) is 0 Å². The lowest BCUT2D eigenvalue weighted by molar-refractivity contribution is 0.0701. The number of thiazole rings is 1. The molecule has 2 heterocycles. The van der Waals surface area contributed by atoms with Gasteiger partial charge in [0.1, 0.15) is 10.6 Å². The Labute approximate surface area is 90.2 Å². The molecule has 0 aliphatic heterocycles. The summed E-state index contributed by atoms with van der Waals surface area (Å²) in [5.41, 5.74) is 0.525. The summed E-state index contributed by atoms with van der Waals surface area (Å²) >= 11 is 1.13. The van der Waals surface area contributed by atoms with Gasteiger partial charge in [-0.05, 0) is 26.0 Å². The number of aromatic carboxylic acids is 1. The molecule has 0 bridgehead atoms. The molecule has 0 amide bonds. The van der Waals surface area contributed by atoms with Crippen LogP contribution in [0.2, 0.25) is 0 Å². The van der Waals surface area contributed by atoms with Gasteiger partial charge in [0, 0.05) is 0 Å². The number of furan rings is 1. The van der Waals surface area contributed by atoms with E-state index in [0.29, 0.717) is 16.5 Å². The van der Waals surface area contributed by atoms with Crippen LogP contribution in [0.15, 0.2) is 16.5 Å². The highest BCUT2D eigenvalue weighted by molar-refractivity contribution is 7.16. The zero-order valence-electron chi connectivity index (χ0n) is 8.27. The smallest absolute Gasteiger partial charge is 0.347 e. The molecule has 0 unspecified atom stereocenters. The number of rotatable bonds is 2. The Morgan fingerprint density at radius 2 is 2.20 bits per heavy atom. The van der Waals surface area contributed by atoms with Crippen molar-refractivity contribution in [2.75, 3.05) is 0 Å². The van der Waals surface area contributed by atoms with Crippen LogP contribution in [0.1, 0.15) is 21.1 Å². The van der Waals surface area contributed by atoms with Gasteiger partial charge in [0.2, 0.25) is 0 Å². The molecule has 0 saturated heterocycles. The lowest BCUT2D eigenvalue weighted by Crippen LogP contribution is -1.94. The highest BCUT2D eigenvalue weighted by atomic mass is 32.1. The summed E-state index contributed by atoms with van der Waals surface area (Å²) in [7, 11) is 0. The molecule has 4 nitrogen and oxygen atoms in total. The maximum absolute atomic E-state index is 10.8. The average Bonchev–Trinajstić information content (AvgIpc) is 2.71. The Bertz CT molecular complexity index is 512. The summed E-state index contributed by atoms with van der Waals surface area (Å²) in [6.45, 7) is 3.52. The van der Waals surface area contributed by atoms with E-state index in [1.54, 1.807) is 13.0 Å². The van der Waals surface area contributed by atoms with Crippen LogP contribution in [0.5, 0.6) is 0 Å². The number of carboxylic acid groups (broad SMARTS) is 1. The summed E-state index contributed by atoms with van der Waals surface area (Å²) in [4.78, 5) is 15.2. The molecule has 1 N–H and O–H groups in total. The van der Waals surface area contributed by atoms with Crippen LogP contribution >= 0.6 is 11.3 Å². The topological polar surface area (TPSA) is 63.3 Å². The molecule has 0 fully saturated rings. The largest absolute Gasteiger partial charge is 0.477 e. The lowest BCUT2D eigenvalue weighted by Gasteiger charge is -1.86. The Kier molecular flexibility index (Phi) is 2.32. The van der Waals surface area contributed by atoms with Gasteiger partial charge in [-0.3, -0.25) is 0 Å². The molecule has 0 atom stereocenters. The van der Waals surface area contributed by atoms with Crippen molar-refractivity contribution in [2.45, 2.75) is 13.8 Å².